The Labute approximate surface area is 117 Å². The first kappa shape index (κ1) is 12.3. The Morgan fingerprint density at radius 3 is 2.45 bits per heavy atom. The van der Waals surface area contributed by atoms with Gasteiger partial charge in [-0.1, -0.05) is 54.6 Å². The number of ether oxygens (including phenoxy) is 1. The van der Waals surface area contributed by atoms with Crippen molar-refractivity contribution in [3.63, 3.8) is 0 Å². The molecule has 20 heavy (non-hydrogen) atoms. The second kappa shape index (κ2) is 5.46. The van der Waals surface area contributed by atoms with Gasteiger partial charge in [-0.05, 0) is 23.1 Å². The summed E-state index contributed by atoms with van der Waals surface area (Å²) < 4.78 is 5.90. The van der Waals surface area contributed by atoms with Gasteiger partial charge < -0.3 is 4.74 Å². The Bertz CT molecular complexity index is 772. The van der Waals surface area contributed by atoms with Crippen molar-refractivity contribution in [1.29, 1.82) is 5.26 Å². The standard InChI is InChI=1S/C18H13NO/c19-12-15-10-16-8-4-5-9-17(16)18(11-15)20-13-14-6-2-1-3-7-14/h1-11H,13H2. The molecule has 2 heteroatoms. The summed E-state index contributed by atoms with van der Waals surface area (Å²) in [6.45, 7) is 0.500. The van der Waals surface area contributed by atoms with Gasteiger partial charge in [0.15, 0.2) is 0 Å². The lowest BCUT2D eigenvalue weighted by Gasteiger charge is -2.10. The summed E-state index contributed by atoms with van der Waals surface area (Å²) >= 11 is 0. The third-order valence-corrected chi connectivity index (χ3v) is 3.19. The van der Waals surface area contributed by atoms with E-state index in [0.717, 1.165) is 22.1 Å². The number of benzene rings is 3. The lowest BCUT2D eigenvalue weighted by Crippen LogP contribution is -1.96. The van der Waals surface area contributed by atoms with Gasteiger partial charge in [-0.25, -0.2) is 0 Å². The van der Waals surface area contributed by atoms with Gasteiger partial charge in [-0.15, -0.1) is 0 Å². The van der Waals surface area contributed by atoms with E-state index < -0.39 is 0 Å². The topological polar surface area (TPSA) is 33.0 Å². The van der Waals surface area contributed by atoms with E-state index in [1.54, 1.807) is 6.07 Å². The van der Waals surface area contributed by atoms with Gasteiger partial charge in [-0.2, -0.15) is 5.26 Å². The van der Waals surface area contributed by atoms with E-state index in [4.69, 9.17) is 10.00 Å². The summed E-state index contributed by atoms with van der Waals surface area (Å²) in [5, 5.41) is 11.2. The third-order valence-electron chi connectivity index (χ3n) is 3.19. The van der Waals surface area contributed by atoms with E-state index in [2.05, 4.69) is 6.07 Å². The van der Waals surface area contributed by atoms with Gasteiger partial charge in [0.1, 0.15) is 12.4 Å². The number of nitriles is 1. The smallest absolute Gasteiger partial charge is 0.128 e. The molecule has 0 N–H and O–H groups in total. The molecule has 2 nitrogen and oxygen atoms in total. The molecular weight excluding hydrogens is 246 g/mol. The largest absolute Gasteiger partial charge is 0.488 e. The van der Waals surface area contributed by atoms with Crippen LogP contribution in [0.4, 0.5) is 0 Å². The molecule has 0 fully saturated rings. The Hall–Kier alpha value is -2.79. The van der Waals surface area contributed by atoms with Crippen LogP contribution < -0.4 is 4.74 Å². The van der Waals surface area contributed by atoms with Crippen LogP contribution in [0.3, 0.4) is 0 Å². The fourth-order valence-electron chi connectivity index (χ4n) is 2.19. The molecule has 3 aromatic carbocycles. The van der Waals surface area contributed by atoms with Gasteiger partial charge in [0.05, 0.1) is 11.6 Å². The highest BCUT2D eigenvalue weighted by Crippen LogP contribution is 2.28. The maximum absolute atomic E-state index is 9.10. The lowest BCUT2D eigenvalue weighted by atomic mass is 10.1. The summed E-state index contributed by atoms with van der Waals surface area (Å²) in [5.74, 6) is 0.753. The normalized spacial score (nSPS) is 10.2. The van der Waals surface area contributed by atoms with Crippen LogP contribution in [0, 0.1) is 11.3 Å². The molecule has 3 aromatic rings. The second-order valence-corrected chi connectivity index (χ2v) is 4.58. The zero-order valence-electron chi connectivity index (χ0n) is 10.9. The van der Waals surface area contributed by atoms with Crippen LogP contribution in [0.15, 0.2) is 66.7 Å². The van der Waals surface area contributed by atoms with Gasteiger partial charge in [0.2, 0.25) is 0 Å². The number of hydrogen-bond acceptors (Lipinski definition) is 2. The van der Waals surface area contributed by atoms with Crippen molar-refractivity contribution in [3.05, 3.63) is 77.9 Å². The number of hydrogen-bond donors (Lipinski definition) is 0. The van der Waals surface area contributed by atoms with Crippen molar-refractivity contribution in [1.82, 2.24) is 0 Å². The van der Waals surface area contributed by atoms with E-state index >= 15 is 0 Å². The predicted molar refractivity (Wildman–Crippen MR) is 79.4 cm³/mol. The quantitative estimate of drug-likeness (QED) is 0.703. The first-order chi connectivity index (χ1) is 9.86. The molecule has 0 aliphatic rings. The molecular formula is C18H13NO. The molecule has 0 atom stereocenters. The van der Waals surface area contributed by atoms with Gasteiger partial charge >= 0.3 is 0 Å². The molecule has 0 radical (unpaired) electrons. The molecule has 0 heterocycles. The monoisotopic (exact) mass is 259 g/mol. The first-order valence-corrected chi connectivity index (χ1v) is 6.46. The van der Waals surface area contributed by atoms with Crippen LogP contribution in [0.2, 0.25) is 0 Å². The highest BCUT2D eigenvalue weighted by atomic mass is 16.5. The van der Waals surface area contributed by atoms with Crippen LogP contribution >= 0.6 is 0 Å². The van der Waals surface area contributed by atoms with Crippen LogP contribution in [-0.4, -0.2) is 0 Å². The number of rotatable bonds is 3. The van der Waals surface area contributed by atoms with Crippen molar-refractivity contribution in [2.75, 3.05) is 0 Å². The summed E-state index contributed by atoms with van der Waals surface area (Å²) in [6, 6.07) is 23.8. The average Bonchev–Trinajstić information content (AvgIpc) is 2.53. The van der Waals surface area contributed by atoms with Gasteiger partial charge in [0, 0.05) is 5.39 Å². The Kier molecular flexibility index (Phi) is 3.34. The fraction of sp³-hybridized carbons (Fsp3) is 0.0556. The molecule has 0 spiro atoms. The maximum atomic E-state index is 9.10. The SMILES string of the molecule is N#Cc1cc(OCc2ccccc2)c2ccccc2c1. The Morgan fingerprint density at radius 1 is 0.900 bits per heavy atom. The van der Waals surface area contributed by atoms with E-state index in [1.807, 2.05) is 60.7 Å². The minimum atomic E-state index is 0.500. The van der Waals surface area contributed by atoms with Gasteiger partial charge in [-0.3, -0.25) is 0 Å². The molecule has 0 saturated heterocycles. The van der Waals surface area contributed by atoms with Crippen molar-refractivity contribution in [2.45, 2.75) is 6.61 Å². The van der Waals surface area contributed by atoms with E-state index in [0.29, 0.717) is 12.2 Å². The fourth-order valence-corrected chi connectivity index (χ4v) is 2.19. The first-order valence-electron chi connectivity index (χ1n) is 6.46. The summed E-state index contributed by atoms with van der Waals surface area (Å²) in [7, 11) is 0. The number of nitrogens with zero attached hydrogens (tertiary/aromatic N) is 1. The number of fused-ring (bicyclic) bond motifs is 1. The van der Waals surface area contributed by atoms with Crippen molar-refractivity contribution in [3.8, 4) is 11.8 Å². The molecule has 3 rings (SSSR count). The summed E-state index contributed by atoms with van der Waals surface area (Å²) in [6.07, 6.45) is 0. The van der Waals surface area contributed by atoms with Crippen LogP contribution in [0.25, 0.3) is 10.8 Å². The maximum Gasteiger partial charge on any atom is 0.128 e. The molecule has 0 bridgehead atoms. The molecule has 0 aromatic heterocycles. The predicted octanol–water partition coefficient (Wildman–Crippen LogP) is 4.29. The zero-order chi connectivity index (χ0) is 13.8. The molecule has 0 unspecified atom stereocenters. The highest BCUT2D eigenvalue weighted by molar-refractivity contribution is 5.89. The minimum absolute atomic E-state index is 0.500. The van der Waals surface area contributed by atoms with E-state index in [9.17, 15) is 0 Å². The van der Waals surface area contributed by atoms with E-state index in [1.165, 1.54) is 0 Å². The molecule has 0 aliphatic carbocycles. The van der Waals surface area contributed by atoms with Gasteiger partial charge in [0.25, 0.3) is 0 Å². The Morgan fingerprint density at radius 2 is 1.65 bits per heavy atom. The molecule has 0 amide bonds. The molecule has 0 saturated carbocycles. The molecule has 0 aliphatic heterocycles. The summed E-state index contributed by atoms with van der Waals surface area (Å²) in [4.78, 5) is 0. The average molecular weight is 259 g/mol. The second-order valence-electron chi connectivity index (χ2n) is 4.58. The third kappa shape index (κ3) is 2.48. The Balaban J connectivity index is 1.96. The molecule has 96 valence electrons. The minimum Gasteiger partial charge on any atom is -0.488 e. The van der Waals surface area contributed by atoms with E-state index in [-0.39, 0.29) is 0 Å². The van der Waals surface area contributed by atoms with Crippen LogP contribution in [-0.2, 0) is 6.61 Å². The van der Waals surface area contributed by atoms with Crippen molar-refractivity contribution >= 4 is 10.8 Å². The summed E-state index contributed by atoms with van der Waals surface area (Å²) in [5.41, 5.74) is 1.73. The van der Waals surface area contributed by atoms with Crippen LogP contribution in [0.5, 0.6) is 5.75 Å². The van der Waals surface area contributed by atoms with Crippen LogP contribution in [0.1, 0.15) is 11.1 Å². The lowest BCUT2D eigenvalue weighted by molar-refractivity contribution is 0.310. The highest BCUT2D eigenvalue weighted by Gasteiger charge is 2.05. The zero-order valence-corrected chi connectivity index (χ0v) is 10.9. The van der Waals surface area contributed by atoms with Crippen molar-refractivity contribution < 1.29 is 4.74 Å². The van der Waals surface area contributed by atoms with Crippen molar-refractivity contribution in [2.24, 2.45) is 0 Å².